The van der Waals surface area contributed by atoms with E-state index in [1.165, 1.54) is 6.33 Å². The lowest BCUT2D eigenvalue weighted by atomic mass is 10.4. The van der Waals surface area contributed by atoms with Gasteiger partial charge in [0.2, 0.25) is 0 Å². The van der Waals surface area contributed by atoms with E-state index in [4.69, 9.17) is 31.7 Å². The summed E-state index contributed by atoms with van der Waals surface area (Å²) in [4.78, 5) is 33.5. The monoisotopic (exact) mass is 344 g/mol. The summed E-state index contributed by atoms with van der Waals surface area (Å²) in [6.45, 7) is 1.90. The standard InChI is InChI=1S/C10H17N8O4P/c1-5(22-4-23(19,20)21)2-18-3-14-6-7(11)15-10(16-8(6)18)17-9(12)13/h3,5H,2,4H2,1H3,(H2,19,20,21)(H6,11,12,13,15,16,17)/t5-/m1/s1. The Hall–Kier alpha value is -2.27. The number of hydrogen-bond acceptors (Lipinski definition) is 7. The van der Waals surface area contributed by atoms with E-state index in [0.717, 1.165) is 0 Å². The molecule has 2 aromatic rings. The maximum atomic E-state index is 10.8. The number of nitrogens with two attached hydrogens (primary N) is 3. The first-order chi connectivity index (χ1) is 10.7. The average Bonchev–Trinajstić information content (AvgIpc) is 2.79. The van der Waals surface area contributed by atoms with Gasteiger partial charge in [-0.2, -0.15) is 15.0 Å². The average molecular weight is 344 g/mol. The molecule has 23 heavy (non-hydrogen) atoms. The van der Waals surface area contributed by atoms with Crippen LogP contribution in [0.5, 0.6) is 0 Å². The van der Waals surface area contributed by atoms with Crippen molar-refractivity contribution in [2.45, 2.75) is 19.6 Å². The number of rotatable bonds is 6. The maximum Gasteiger partial charge on any atom is 0.350 e. The number of imidazole rings is 1. The maximum absolute atomic E-state index is 10.8. The summed E-state index contributed by atoms with van der Waals surface area (Å²) in [5.74, 6) is -0.119. The zero-order chi connectivity index (χ0) is 17.2. The van der Waals surface area contributed by atoms with Gasteiger partial charge in [0.25, 0.3) is 5.95 Å². The second-order valence-corrected chi connectivity index (χ2v) is 6.37. The van der Waals surface area contributed by atoms with Gasteiger partial charge in [0, 0.05) is 0 Å². The lowest BCUT2D eigenvalue weighted by Gasteiger charge is -2.14. The van der Waals surface area contributed by atoms with Crippen LogP contribution < -0.4 is 17.2 Å². The molecule has 13 heteroatoms. The van der Waals surface area contributed by atoms with Gasteiger partial charge in [0.05, 0.1) is 19.0 Å². The summed E-state index contributed by atoms with van der Waals surface area (Å²) < 4.78 is 17.5. The van der Waals surface area contributed by atoms with E-state index in [9.17, 15) is 4.57 Å². The van der Waals surface area contributed by atoms with Crippen LogP contribution in [-0.4, -0.2) is 47.7 Å². The Kier molecular flexibility index (Phi) is 4.80. The van der Waals surface area contributed by atoms with Gasteiger partial charge in [-0.05, 0) is 6.92 Å². The van der Waals surface area contributed by atoms with Crippen molar-refractivity contribution in [1.82, 2.24) is 19.5 Å². The van der Waals surface area contributed by atoms with Crippen LogP contribution in [0.15, 0.2) is 11.3 Å². The quantitative estimate of drug-likeness (QED) is 0.242. The van der Waals surface area contributed by atoms with E-state index in [1.54, 1.807) is 11.5 Å². The number of ether oxygens (including phenoxy) is 1. The first kappa shape index (κ1) is 17.1. The van der Waals surface area contributed by atoms with Crippen molar-refractivity contribution in [3.63, 3.8) is 0 Å². The van der Waals surface area contributed by atoms with Crippen molar-refractivity contribution in [2.75, 3.05) is 12.1 Å². The second-order valence-electron chi connectivity index (χ2n) is 4.79. The van der Waals surface area contributed by atoms with Gasteiger partial charge in [-0.25, -0.2) is 4.98 Å². The molecule has 8 N–H and O–H groups in total. The van der Waals surface area contributed by atoms with Gasteiger partial charge in [-0.1, -0.05) is 0 Å². The summed E-state index contributed by atoms with van der Waals surface area (Å²) in [6, 6.07) is 0. The number of hydrogen-bond donors (Lipinski definition) is 5. The lowest BCUT2D eigenvalue weighted by Crippen LogP contribution is -2.22. The number of nitrogens with zero attached hydrogens (tertiary/aromatic N) is 5. The van der Waals surface area contributed by atoms with Gasteiger partial charge >= 0.3 is 7.60 Å². The summed E-state index contributed by atoms with van der Waals surface area (Å²) in [5.41, 5.74) is 17.1. The molecule has 0 bridgehead atoms. The minimum absolute atomic E-state index is 0.0134. The largest absolute Gasteiger partial charge is 0.382 e. The fraction of sp³-hybridized carbons (Fsp3) is 0.400. The molecule has 0 fully saturated rings. The van der Waals surface area contributed by atoms with Crippen LogP contribution >= 0.6 is 7.60 Å². The Labute approximate surface area is 130 Å². The van der Waals surface area contributed by atoms with Gasteiger partial charge in [0.1, 0.15) is 11.9 Å². The highest BCUT2D eigenvalue weighted by atomic mass is 31.2. The van der Waals surface area contributed by atoms with Crippen LogP contribution in [0, 0.1) is 0 Å². The van der Waals surface area contributed by atoms with Crippen molar-refractivity contribution < 1.29 is 19.1 Å². The molecule has 0 saturated carbocycles. The third-order valence-corrected chi connectivity index (χ3v) is 3.17. The molecule has 0 unspecified atom stereocenters. The predicted octanol–water partition coefficient (Wildman–Crippen LogP) is -1.15. The molecule has 2 aromatic heterocycles. The van der Waals surface area contributed by atoms with Crippen LogP contribution in [0.25, 0.3) is 11.2 Å². The van der Waals surface area contributed by atoms with Gasteiger partial charge in [0.15, 0.2) is 17.4 Å². The molecule has 1 atom stereocenters. The summed E-state index contributed by atoms with van der Waals surface area (Å²) in [5, 5.41) is 0. The smallest absolute Gasteiger partial charge is 0.350 e. The molecule has 12 nitrogen and oxygen atoms in total. The summed E-state index contributed by atoms with van der Waals surface area (Å²) >= 11 is 0. The van der Waals surface area contributed by atoms with E-state index in [0.29, 0.717) is 11.2 Å². The van der Waals surface area contributed by atoms with Crippen molar-refractivity contribution in [1.29, 1.82) is 0 Å². The number of guanidine groups is 1. The Morgan fingerprint density at radius 2 is 2.17 bits per heavy atom. The van der Waals surface area contributed by atoms with E-state index in [1.807, 2.05) is 0 Å². The van der Waals surface area contributed by atoms with Crippen molar-refractivity contribution in [3.05, 3.63) is 6.33 Å². The second kappa shape index (κ2) is 6.46. The molecule has 0 radical (unpaired) electrons. The molecule has 2 rings (SSSR count). The molecule has 0 aliphatic heterocycles. The van der Waals surface area contributed by atoms with Gasteiger partial charge < -0.3 is 36.3 Å². The molecule has 2 heterocycles. The van der Waals surface area contributed by atoms with E-state index in [-0.39, 0.29) is 24.3 Å². The molecular formula is C10H17N8O4P. The Bertz CT molecular complexity index is 781. The first-order valence-electron chi connectivity index (χ1n) is 6.40. The van der Waals surface area contributed by atoms with Crippen LogP contribution in [0.1, 0.15) is 6.92 Å². The fourth-order valence-corrected chi connectivity index (χ4v) is 2.26. The zero-order valence-corrected chi connectivity index (χ0v) is 13.1. The Morgan fingerprint density at radius 1 is 1.48 bits per heavy atom. The minimum Gasteiger partial charge on any atom is -0.382 e. The SMILES string of the molecule is C[C@H](Cn1cnc2c(N)nc(N=C(N)N)nc21)OCP(=O)(O)O. The van der Waals surface area contributed by atoms with Crippen LogP contribution in [0.3, 0.4) is 0 Å². The number of nitrogen functional groups attached to an aromatic ring is 1. The number of anilines is 1. The summed E-state index contributed by atoms with van der Waals surface area (Å²) in [7, 11) is -4.23. The highest BCUT2D eigenvalue weighted by molar-refractivity contribution is 7.51. The molecule has 0 aromatic carbocycles. The Morgan fingerprint density at radius 3 is 2.78 bits per heavy atom. The van der Waals surface area contributed by atoms with Crippen LogP contribution in [0.4, 0.5) is 11.8 Å². The molecule has 0 aliphatic rings. The van der Waals surface area contributed by atoms with Gasteiger partial charge in [-0.15, -0.1) is 0 Å². The topological polar surface area (TPSA) is 201 Å². The van der Waals surface area contributed by atoms with Crippen molar-refractivity contribution >= 4 is 36.5 Å². The van der Waals surface area contributed by atoms with E-state index in [2.05, 4.69) is 19.9 Å². The minimum atomic E-state index is -4.23. The number of aliphatic imine (C=N–C) groups is 1. The van der Waals surface area contributed by atoms with Crippen LogP contribution in [0.2, 0.25) is 0 Å². The predicted molar refractivity (Wildman–Crippen MR) is 82.7 cm³/mol. The molecular weight excluding hydrogens is 327 g/mol. The Balaban J connectivity index is 2.26. The van der Waals surface area contributed by atoms with Crippen LogP contribution in [-0.2, 0) is 15.8 Å². The van der Waals surface area contributed by atoms with Gasteiger partial charge in [-0.3, -0.25) is 4.57 Å². The fourth-order valence-electron chi connectivity index (χ4n) is 1.81. The number of fused-ring (bicyclic) bond motifs is 1. The third-order valence-electron chi connectivity index (χ3n) is 2.69. The normalized spacial score (nSPS) is 13.2. The highest BCUT2D eigenvalue weighted by Gasteiger charge is 2.17. The molecule has 0 spiro atoms. The highest BCUT2D eigenvalue weighted by Crippen LogP contribution is 2.34. The molecule has 0 amide bonds. The molecule has 0 saturated heterocycles. The van der Waals surface area contributed by atoms with Crippen molar-refractivity contribution in [2.24, 2.45) is 16.5 Å². The number of aromatic nitrogens is 4. The van der Waals surface area contributed by atoms with E-state index < -0.39 is 20.0 Å². The van der Waals surface area contributed by atoms with E-state index >= 15 is 0 Å². The third kappa shape index (κ3) is 4.60. The first-order valence-corrected chi connectivity index (χ1v) is 8.19. The molecule has 0 aliphatic carbocycles. The lowest BCUT2D eigenvalue weighted by molar-refractivity contribution is 0.0764. The summed E-state index contributed by atoms with van der Waals surface area (Å²) in [6.07, 6.45) is 0.298. The molecule has 126 valence electrons. The zero-order valence-electron chi connectivity index (χ0n) is 12.2. The van der Waals surface area contributed by atoms with Crippen molar-refractivity contribution in [3.8, 4) is 0 Å².